The highest BCUT2D eigenvalue weighted by atomic mass is 79.9. The van der Waals surface area contributed by atoms with Gasteiger partial charge in [-0.05, 0) is 43.5 Å². The van der Waals surface area contributed by atoms with Gasteiger partial charge in [0.15, 0.2) is 0 Å². The molecule has 0 spiro atoms. The van der Waals surface area contributed by atoms with Gasteiger partial charge in [-0.1, -0.05) is 29.3 Å². The van der Waals surface area contributed by atoms with Crippen molar-refractivity contribution in [3.05, 3.63) is 27.7 Å². The van der Waals surface area contributed by atoms with Gasteiger partial charge >= 0.3 is 0 Å². The van der Waals surface area contributed by atoms with Crippen LogP contribution in [0.3, 0.4) is 0 Å². The Balaban J connectivity index is 2.32. The van der Waals surface area contributed by atoms with Crippen molar-refractivity contribution >= 4 is 15.9 Å². The molecule has 1 rings (SSSR count). The lowest BCUT2D eigenvalue weighted by atomic mass is 10.1. The first-order chi connectivity index (χ1) is 8.15. The zero-order valence-corrected chi connectivity index (χ0v) is 12.5. The van der Waals surface area contributed by atoms with Crippen molar-refractivity contribution in [1.82, 2.24) is 0 Å². The van der Waals surface area contributed by atoms with Gasteiger partial charge in [0, 0.05) is 11.1 Å². The van der Waals surface area contributed by atoms with Crippen LogP contribution in [0.15, 0.2) is 16.6 Å². The molecule has 0 aliphatic rings. The van der Waals surface area contributed by atoms with Crippen LogP contribution < -0.4 is 4.74 Å². The smallest absolute Gasteiger partial charge is 0.120 e. The normalized spacial score (nSPS) is 10.6. The van der Waals surface area contributed by atoms with E-state index in [1.807, 2.05) is 12.1 Å². The van der Waals surface area contributed by atoms with Crippen molar-refractivity contribution in [2.45, 2.75) is 33.6 Å². The molecule has 0 amide bonds. The summed E-state index contributed by atoms with van der Waals surface area (Å²) in [5.41, 5.74) is 2.40. The summed E-state index contributed by atoms with van der Waals surface area (Å²) in [6.45, 7) is 8.41. The van der Waals surface area contributed by atoms with Crippen LogP contribution in [0.25, 0.3) is 0 Å². The average Bonchev–Trinajstić information content (AvgIpc) is 2.30. The highest BCUT2D eigenvalue weighted by Crippen LogP contribution is 2.26. The maximum atomic E-state index is 5.66. The van der Waals surface area contributed by atoms with Crippen LogP contribution in [0.2, 0.25) is 0 Å². The van der Waals surface area contributed by atoms with E-state index in [0.29, 0.717) is 13.2 Å². The van der Waals surface area contributed by atoms with E-state index < -0.39 is 0 Å². The minimum absolute atomic E-state index is 0.615. The van der Waals surface area contributed by atoms with Crippen molar-refractivity contribution in [3.8, 4) is 5.75 Å². The molecular formula is C14H21BrO2. The molecule has 0 bridgehead atoms. The van der Waals surface area contributed by atoms with Crippen molar-refractivity contribution < 1.29 is 9.47 Å². The summed E-state index contributed by atoms with van der Waals surface area (Å²) in [6, 6.07) is 4.09. The van der Waals surface area contributed by atoms with Crippen LogP contribution >= 0.6 is 15.9 Å². The van der Waals surface area contributed by atoms with Gasteiger partial charge < -0.3 is 9.47 Å². The van der Waals surface area contributed by atoms with E-state index in [-0.39, 0.29) is 0 Å². The molecule has 1 aromatic rings. The first kappa shape index (κ1) is 14.5. The number of rotatable bonds is 7. The van der Waals surface area contributed by atoms with Gasteiger partial charge in [-0.3, -0.25) is 0 Å². The van der Waals surface area contributed by atoms with Gasteiger partial charge in [0.25, 0.3) is 0 Å². The molecule has 0 aromatic heterocycles. The summed E-state index contributed by atoms with van der Waals surface area (Å²) >= 11 is 3.54. The molecular weight excluding hydrogens is 280 g/mol. The molecule has 96 valence electrons. The lowest BCUT2D eigenvalue weighted by molar-refractivity contribution is 0.0980. The van der Waals surface area contributed by atoms with Crippen molar-refractivity contribution in [1.29, 1.82) is 0 Å². The number of halogens is 1. The molecule has 0 heterocycles. The first-order valence-electron chi connectivity index (χ1n) is 6.12. The third-order valence-corrected chi connectivity index (χ3v) is 3.80. The highest BCUT2D eigenvalue weighted by molar-refractivity contribution is 9.10. The lowest BCUT2D eigenvalue weighted by Gasteiger charge is -2.10. The Bertz CT molecular complexity index is 327. The number of aryl methyl sites for hydroxylation is 2. The third-order valence-electron chi connectivity index (χ3n) is 2.55. The summed E-state index contributed by atoms with van der Waals surface area (Å²) in [4.78, 5) is 0. The molecule has 0 aliphatic carbocycles. The van der Waals surface area contributed by atoms with Gasteiger partial charge in [0.05, 0.1) is 6.61 Å². The largest absolute Gasteiger partial charge is 0.491 e. The molecule has 0 radical (unpaired) electrons. The molecule has 3 heteroatoms. The second-order valence-electron chi connectivity index (χ2n) is 4.19. The Hall–Kier alpha value is -0.540. The van der Waals surface area contributed by atoms with Gasteiger partial charge in [-0.25, -0.2) is 0 Å². The van der Waals surface area contributed by atoms with Crippen molar-refractivity contribution in [2.75, 3.05) is 19.8 Å². The minimum Gasteiger partial charge on any atom is -0.491 e. The number of hydrogen-bond acceptors (Lipinski definition) is 2. The topological polar surface area (TPSA) is 18.5 Å². The van der Waals surface area contributed by atoms with Crippen LogP contribution in [0.5, 0.6) is 5.75 Å². The van der Waals surface area contributed by atoms with Gasteiger partial charge in [-0.2, -0.15) is 0 Å². The SMILES string of the molecule is CCCCOCCOc1cc(C)c(Br)c(C)c1. The molecule has 0 N–H and O–H groups in total. The molecule has 0 aliphatic heterocycles. The summed E-state index contributed by atoms with van der Waals surface area (Å²) in [5.74, 6) is 0.919. The molecule has 0 saturated heterocycles. The monoisotopic (exact) mass is 300 g/mol. The Kier molecular flexibility index (Phi) is 6.60. The van der Waals surface area contributed by atoms with Gasteiger partial charge in [0.2, 0.25) is 0 Å². The fourth-order valence-electron chi connectivity index (χ4n) is 1.56. The van der Waals surface area contributed by atoms with Crippen LogP contribution in [-0.2, 0) is 4.74 Å². The molecule has 0 fully saturated rings. The number of unbranched alkanes of at least 4 members (excludes halogenated alkanes) is 1. The van der Waals surface area contributed by atoms with Gasteiger partial charge in [0.1, 0.15) is 12.4 Å². The molecule has 17 heavy (non-hydrogen) atoms. The van der Waals surface area contributed by atoms with E-state index in [1.54, 1.807) is 0 Å². The van der Waals surface area contributed by atoms with E-state index in [4.69, 9.17) is 9.47 Å². The van der Waals surface area contributed by atoms with E-state index in [9.17, 15) is 0 Å². The highest BCUT2D eigenvalue weighted by Gasteiger charge is 2.02. The Morgan fingerprint density at radius 1 is 1.06 bits per heavy atom. The minimum atomic E-state index is 0.615. The van der Waals surface area contributed by atoms with Crippen LogP contribution in [0.4, 0.5) is 0 Å². The summed E-state index contributed by atoms with van der Waals surface area (Å²) in [6.07, 6.45) is 2.29. The van der Waals surface area contributed by atoms with Crippen LogP contribution in [0.1, 0.15) is 30.9 Å². The summed E-state index contributed by atoms with van der Waals surface area (Å²) in [7, 11) is 0. The Morgan fingerprint density at radius 3 is 2.29 bits per heavy atom. The number of benzene rings is 1. The van der Waals surface area contributed by atoms with E-state index in [1.165, 1.54) is 17.5 Å². The van der Waals surface area contributed by atoms with Crippen LogP contribution in [-0.4, -0.2) is 19.8 Å². The third kappa shape index (κ3) is 5.09. The zero-order chi connectivity index (χ0) is 12.7. The standard InChI is InChI=1S/C14H21BrO2/c1-4-5-6-16-7-8-17-13-9-11(2)14(15)12(3)10-13/h9-10H,4-8H2,1-3H3. The van der Waals surface area contributed by atoms with Crippen molar-refractivity contribution in [3.63, 3.8) is 0 Å². The zero-order valence-electron chi connectivity index (χ0n) is 10.9. The molecule has 0 saturated carbocycles. The maximum absolute atomic E-state index is 5.66. The predicted molar refractivity (Wildman–Crippen MR) is 74.8 cm³/mol. The Morgan fingerprint density at radius 2 is 1.71 bits per heavy atom. The average molecular weight is 301 g/mol. The Labute approximate surface area is 112 Å². The van der Waals surface area contributed by atoms with Crippen LogP contribution in [0, 0.1) is 13.8 Å². The number of ether oxygens (including phenoxy) is 2. The van der Waals surface area contributed by atoms with E-state index >= 15 is 0 Å². The lowest BCUT2D eigenvalue weighted by Crippen LogP contribution is -2.07. The fraction of sp³-hybridized carbons (Fsp3) is 0.571. The maximum Gasteiger partial charge on any atom is 0.120 e. The molecule has 1 aromatic carbocycles. The predicted octanol–water partition coefficient (Wildman–Crippen LogP) is 4.26. The fourth-order valence-corrected chi connectivity index (χ4v) is 1.79. The quantitative estimate of drug-likeness (QED) is 0.701. The van der Waals surface area contributed by atoms with E-state index in [0.717, 1.165) is 23.2 Å². The van der Waals surface area contributed by atoms with Crippen molar-refractivity contribution in [2.24, 2.45) is 0 Å². The molecule has 0 unspecified atom stereocenters. The molecule has 2 nitrogen and oxygen atoms in total. The van der Waals surface area contributed by atoms with E-state index in [2.05, 4.69) is 36.7 Å². The summed E-state index contributed by atoms with van der Waals surface area (Å²) < 4.78 is 12.3. The van der Waals surface area contributed by atoms with Gasteiger partial charge in [-0.15, -0.1) is 0 Å². The number of hydrogen-bond donors (Lipinski definition) is 0. The second kappa shape index (κ2) is 7.72. The first-order valence-corrected chi connectivity index (χ1v) is 6.91. The molecule has 0 atom stereocenters. The second-order valence-corrected chi connectivity index (χ2v) is 4.98. The summed E-state index contributed by atoms with van der Waals surface area (Å²) in [5, 5.41) is 0.